The fourth-order valence-corrected chi connectivity index (χ4v) is 2.45. The van der Waals surface area contributed by atoms with Crippen LogP contribution in [0.2, 0.25) is 0 Å². The number of carbonyl (C=O) groups is 2. The van der Waals surface area contributed by atoms with Gasteiger partial charge in [-0.1, -0.05) is 48.9 Å². The maximum Gasteiger partial charge on any atom is 0.361 e. The molecule has 7 nitrogen and oxygen atoms in total. The highest BCUT2D eigenvalue weighted by atomic mass is 16.5. The number of aromatic nitrogens is 3. The van der Waals surface area contributed by atoms with Crippen LogP contribution in [-0.4, -0.2) is 32.9 Å². The van der Waals surface area contributed by atoms with Crippen molar-refractivity contribution in [1.29, 1.82) is 0 Å². The molecule has 134 valence electrons. The number of nitrogens with one attached hydrogen (secondary N) is 1. The molecule has 0 spiro atoms. The molecule has 0 aliphatic carbocycles. The van der Waals surface area contributed by atoms with Crippen molar-refractivity contribution in [3.63, 3.8) is 0 Å². The fourth-order valence-electron chi connectivity index (χ4n) is 2.45. The Bertz CT molecular complexity index is 712. The van der Waals surface area contributed by atoms with E-state index in [0.29, 0.717) is 5.69 Å². The van der Waals surface area contributed by atoms with Crippen LogP contribution in [0.1, 0.15) is 48.4 Å². The van der Waals surface area contributed by atoms with Crippen LogP contribution in [0.25, 0.3) is 0 Å². The van der Waals surface area contributed by atoms with Gasteiger partial charge >= 0.3 is 5.97 Å². The summed E-state index contributed by atoms with van der Waals surface area (Å²) < 4.78 is 6.66. The molecule has 1 amide bonds. The van der Waals surface area contributed by atoms with Gasteiger partial charge in [0.25, 0.3) is 0 Å². The summed E-state index contributed by atoms with van der Waals surface area (Å²) in [6.07, 6.45) is 1.92. The van der Waals surface area contributed by atoms with Gasteiger partial charge in [0.05, 0.1) is 5.69 Å². The molecule has 0 aliphatic heterocycles. The second kappa shape index (κ2) is 8.96. The van der Waals surface area contributed by atoms with Crippen molar-refractivity contribution < 1.29 is 14.3 Å². The van der Waals surface area contributed by atoms with Crippen molar-refractivity contribution in [3.8, 4) is 0 Å². The number of nitrogens with zero attached hydrogens (tertiary/aromatic N) is 3. The number of amides is 1. The van der Waals surface area contributed by atoms with E-state index in [2.05, 4.69) is 22.6 Å². The minimum Gasteiger partial charge on any atom is -0.456 e. The minimum absolute atomic E-state index is 0.0266. The molecule has 1 atom stereocenters. The van der Waals surface area contributed by atoms with Gasteiger partial charge in [-0.2, -0.15) is 0 Å². The van der Waals surface area contributed by atoms with E-state index >= 15 is 0 Å². The van der Waals surface area contributed by atoms with Gasteiger partial charge < -0.3 is 10.1 Å². The van der Waals surface area contributed by atoms with Gasteiger partial charge in [-0.25, -0.2) is 9.48 Å². The molecule has 1 aromatic heterocycles. The zero-order valence-electron chi connectivity index (χ0n) is 14.9. The maximum absolute atomic E-state index is 12.2. The van der Waals surface area contributed by atoms with Crippen LogP contribution in [0.15, 0.2) is 30.3 Å². The molecule has 1 N–H and O–H groups in total. The van der Waals surface area contributed by atoms with Crippen LogP contribution in [0.3, 0.4) is 0 Å². The van der Waals surface area contributed by atoms with Crippen LogP contribution in [0.4, 0.5) is 0 Å². The Kier molecular flexibility index (Phi) is 6.68. The minimum atomic E-state index is -0.549. The Hall–Kier alpha value is -2.70. The summed E-state index contributed by atoms with van der Waals surface area (Å²) in [6, 6.07) is 9.51. The summed E-state index contributed by atoms with van der Waals surface area (Å²) in [6.45, 7) is 5.92. The summed E-state index contributed by atoms with van der Waals surface area (Å²) in [7, 11) is 0. The van der Waals surface area contributed by atoms with Gasteiger partial charge in [0, 0.05) is 6.04 Å². The number of hydrogen-bond acceptors (Lipinski definition) is 5. The van der Waals surface area contributed by atoms with Crippen molar-refractivity contribution in [2.24, 2.45) is 0 Å². The molecule has 7 heteroatoms. The molecule has 1 heterocycles. The second-order valence-corrected chi connectivity index (χ2v) is 6.00. The number of carbonyl (C=O) groups excluding carboxylic acids is 2. The van der Waals surface area contributed by atoms with E-state index in [-0.39, 0.29) is 30.8 Å². The molecule has 0 saturated heterocycles. The van der Waals surface area contributed by atoms with Gasteiger partial charge in [0.1, 0.15) is 13.2 Å². The Morgan fingerprint density at radius 2 is 2.00 bits per heavy atom. The van der Waals surface area contributed by atoms with E-state index in [9.17, 15) is 9.59 Å². The first-order valence-corrected chi connectivity index (χ1v) is 8.41. The highest BCUT2D eigenvalue weighted by Crippen LogP contribution is 2.08. The van der Waals surface area contributed by atoms with E-state index < -0.39 is 5.97 Å². The quantitative estimate of drug-likeness (QED) is 0.742. The van der Waals surface area contributed by atoms with E-state index in [1.54, 1.807) is 6.92 Å². The second-order valence-electron chi connectivity index (χ2n) is 6.00. The molecule has 2 rings (SSSR count). The van der Waals surface area contributed by atoms with Gasteiger partial charge in [-0.15, -0.1) is 5.10 Å². The van der Waals surface area contributed by atoms with Crippen molar-refractivity contribution in [2.45, 2.75) is 52.8 Å². The Morgan fingerprint density at radius 1 is 1.28 bits per heavy atom. The Morgan fingerprint density at radius 3 is 2.68 bits per heavy atom. The Balaban J connectivity index is 1.93. The largest absolute Gasteiger partial charge is 0.456 e. The van der Waals surface area contributed by atoms with E-state index in [1.165, 1.54) is 4.68 Å². The lowest BCUT2D eigenvalue weighted by atomic mass is 10.2. The monoisotopic (exact) mass is 344 g/mol. The van der Waals surface area contributed by atoms with Gasteiger partial charge in [-0.05, 0) is 25.8 Å². The summed E-state index contributed by atoms with van der Waals surface area (Å²) in [5.74, 6) is -0.703. The van der Waals surface area contributed by atoms with Crippen molar-refractivity contribution in [2.75, 3.05) is 0 Å². The average molecular weight is 344 g/mol. The predicted molar refractivity (Wildman–Crippen MR) is 92.8 cm³/mol. The molecule has 1 aromatic carbocycles. The van der Waals surface area contributed by atoms with Crippen molar-refractivity contribution in [1.82, 2.24) is 20.3 Å². The number of rotatable bonds is 8. The highest BCUT2D eigenvalue weighted by Gasteiger charge is 2.19. The van der Waals surface area contributed by atoms with Gasteiger partial charge in [0.2, 0.25) is 5.91 Å². The molecule has 0 aliphatic rings. The lowest BCUT2D eigenvalue weighted by molar-refractivity contribution is -0.122. The SMILES string of the molecule is CCCC(C)NC(=O)Cn1nnc(C(=O)OCc2ccccc2)c1C. The molecule has 0 bridgehead atoms. The van der Waals surface area contributed by atoms with Crippen LogP contribution < -0.4 is 5.32 Å². The van der Waals surface area contributed by atoms with E-state index in [4.69, 9.17) is 4.74 Å². The molecule has 25 heavy (non-hydrogen) atoms. The van der Waals surface area contributed by atoms with Crippen molar-refractivity contribution >= 4 is 11.9 Å². The standard InChI is InChI=1S/C18H24N4O3/c1-4-8-13(2)19-16(23)11-22-14(3)17(20-21-22)18(24)25-12-15-9-6-5-7-10-15/h5-7,9-10,13H,4,8,11-12H2,1-3H3,(H,19,23). The number of benzene rings is 1. The zero-order chi connectivity index (χ0) is 18.2. The average Bonchev–Trinajstić information content (AvgIpc) is 2.94. The molecular formula is C18H24N4O3. The fraction of sp³-hybridized carbons (Fsp3) is 0.444. The van der Waals surface area contributed by atoms with E-state index in [1.807, 2.05) is 37.3 Å². The summed E-state index contributed by atoms with van der Waals surface area (Å²) in [5.41, 5.74) is 1.53. The summed E-state index contributed by atoms with van der Waals surface area (Å²) in [5, 5.41) is 10.6. The third kappa shape index (κ3) is 5.41. The first kappa shape index (κ1) is 18.6. The lowest BCUT2D eigenvalue weighted by Gasteiger charge is -2.12. The molecule has 2 aromatic rings. The van der Waals surface area contributed by atoms with Crippen LogP contribution >= 0.6 is 0 Å². The predicted octanol–water partition coefficient (Wildman–Crippen LogP) is 2.25. The van der Waals surface area contributed by atoms with Crippen LogP contribution in [0, 0.1) is 6.92 Å². The molecular weight excluding hydrogens is 320 g/mol. The van der Waals surface area contributed by atoms with Gasteiger partial charge in [0.15, 0.2) is 5.69 Å². The lowest BCUT2D eigenvalue weighted by Crippen LogP contribution is -2.35. The molecule has 0 radical (unpaired) electrons. The van der Waals surface area contributed by atoms with Gasteiger partial charge in [-0.3, -0.25) is 4.79 Å². The summed E-state index contributed by atoms with van der Waals surface area (Å²) in [4.78, 5) is 24.2. The first-order chi connectivity index (χ1) is 12.0. The number of ether oxygens (including phenoxy) is 1. The number of hydrogen-bond donors (Lipinski definition) is 1. The van der Waals surface area contributed by atoms with E-state index in [0.717, 1.165) is 18.4 Å². The smallest absolute Gasteiger partial charge is 0.361 e. The number of esters is 1. The van der Waals surface area contributed by atoms with Crippen LogP contribution in [0.5, 0.6) is 0 Å². The first-order valence-electron chi connectivity index (χ1n) is 8.41. The molecule has 1 unspecified atom stereocenters. The van der Waals surface area contributed by atoms with Crippen LogP contribution in [-0.2, 0) is 22.7 Å². The molecule has 0 saturated carbocycles. The third-order valence-electron chi connectivity index (χ3n) is 3.81. The normalized spacial score (nSPS) is 11.8. The zero-order valence-corrected chi connectivity index (χ0v) is 14.9. The third-order valence-corrected chi connectivity index (χ3v) is 3.81. The summed E-state index contributed by atoms with van der Waals surface area (Å²) >= 11 is 0. The Labute approximate surface area is 147 Å². The topological polar surface area (TPSA) is 86.1 Å². The maximum atomic E-state index is 12.2. The highest BCUT2D eigenvalue weighted by molar-refractivity contribution is 5.88. The van der Waals surface area contributed by atoms with Crippen molar-refractivity contribution in [3.05, 3.63) is 47.3 Å². The molecule has 0 fully saturated rings.